The van der Waals surface area contributed by atoms with Crippen LogP contribution in [-0.4, -0.2) is 61.9 Å². The van der Waals surface area contributed by atoms with Crippen LogP contribution in [0.4, 0.5) is 0 Å². The van der Waals surface area contributed by atoms with E-state index in [9.17, 15) is 9.59 Å². The Morgan fingerprint density at radius 3 is 1.11 bits per heavy atom. The summed E-state index contributed by atoms with van der Waals surface area (Å²) in [6.07, 6.45) is 15.6. The molecule has 0 bridgehead atoms. The first-order valence-electron chi connectivity index (χ1n) is 22.6. The molecular weight excluding hydrogens is 910 g/mol. The van der Waals surface area contributed by atoms with Crippen LogP contribution >= 0.6 is 0 Å². The molecule has 0 aromatic heterocycles. The van der Waals surface area contributed by atoms with Gasteiger partial charge in [0.25, 0.3) is 0 Å². The van der Waals surface area contributed by atoms with E-state index in [0.29, 0.717) is 26.1 Å². The van der Waals surface area contributed by atoms with Crippen LogP contribution in [0.15, 0.2) is 67.2 Å². The van der Waals surface area contributed by atoms with Crippen molar-refractivity contribution in [2.24, 2.45) is 0 Å². The van der Waals surface area contributed by atoms with Crippen LogP contribution in [0.5, 0.6) is 0 Å². The molecule has 0 saturated heterocycles. The third-order valence-electron chi connectivity index (χ3n) is 12.3. The van der Waals surface area contributed by atoms with Crippen LogP contribution in [0, 0.1) is 0 Å². The molecule has 0 atom stereocenters. The van der Waals surface area contributed by atoms with Gasteiger partial charge in [-0.15, -0.1) is 0 Å². The van der Waals surface area contributed by atoms with E-state index >= 15 is 0 Å². The van der Waals surface area contributed by atoms with Gasteiger partial charge in [-0.25, -0.2) is 0 Å². The number of benzene rings is 2. The zero-order chi connectivity index (χ0) is 40.2. The molecule has 0 radical (unpaired) electrons. The van der Waals surface area contributed by atoms with E-state index in [1.807, 2.05) is 36.4 Å². The molecule has 56 heavy (non-hydrogen) atoms. The predicted octanol–water partition coefficient (Wildman–Crippen LogP) is 13.6. The van der Waals surface area contributed by atoms with Crippen LogP contribution in [0.2, 0.25) is 26.6 Å². The van der Waals surface area contributed by atoms with E-state index in [1.54, 1.807) is 0 Å². The molecule has 0 unspecified atom stereocenters. The first-order valence-corrected chi connectivity index (χ1v) is 37.5. The first-order chi connectivity index (χ1) is 27.3. The predicted molar refractivity (Wildman–Crippen MR) is 236 cm³/mol. The number of esters is 2. The third kappa shape index (κ3) is 12.5. The minimum atomic E-state index is -2.95. The second-order valence-corrected chi connectivity index (χ2v) is 42.2. The molecule has 2 aromatic carbocycles. The maximum atomic E-state index is 14.0. The molecule has 6 nitrogen and oxygen atoms in total. The molecule has 0 spiro atoms. The quantitative estimate of drug-likeness (QED) is 0.0656. The van der Waals surface area contributed by atoms with Crippen molar-refractivity contribution in [2.75, 3.05) is 13.2 Å². The standard InChI is InChI=1S/C24H20O6.6C4H9.2Sn/c25-23(19-9-11-27-13-19)29-15-17-5-1-3-7-21(17)22-8-4-2-6-18(22)16-30-24(26)20-10-12-28-14-20;6*1-3-4-2;;/h1-8H,9-12,15-16H2;6*1,3-4H2,2H3;;. The van der Waals surface area contributed by atoms with Crippen molar-refractivity contribution < 1.29 is 28.5 Å². The Bertz CT molecular complexity index is 1430. The number of hydrogen-bond donors (Lipinski definition) is 0. The summed E-state index contributed by atoms with van der Waals surface area (Å²) in [5.74, 6) is -0.414. The fraction of sp³-hybridized carbons (Fsp3) is 0.625. The Morgan fingerprint density at radius 2 is 0.804 bits per heavy atom. The number of hydrogen-bond acceptors (Lipinski definition) is 6. The Balaban J connectivity index is 1.56. The number of carbonyl (C=O) groups excluding carboxylic acids is 2. The van der Waals surface area contributed by atoms with Gasteiger partial charge in [0.15, 0.2) is 0 Å². The molecule has 0 aliphatic carbocycles. The average molecular weight is 985 g/mol. The molecule has 8 heteroatoms. The fourth-order valence-electron chi connectivity index (χ4n) is 9.05. The van der Waals surface area contributed by atoms with E-state index < -0.39 is 36.8 Å². The van der Waals surface area contributed by atoms with E-state index in [1.165, 1.54) is 104 Å². The first kappa shape index (κ1) is 46.7. The molecule has 2 aromatic rings. The van der Waals surface area contributed by atoms with Crippen molar-refractivity contribution in [2.45, 2.75) is 171 Å². The Labute approximate surface area is 348 Å². The van der Waals surface area contributed by atoms with Crippen molar-refractivity contribution in [3.63, 3.8) is 0 Å². The average Bonchev–Trinajstić information content (AvgIpc) is 3.94. The van der Waals surface area contributed by atoms with Crippen LogP contribution in [0.25, 0.3) is 11.1 Å². The summed E-state index contributed by atoms with van der Waals surface area (Å²) in [6, 6.07) is 16.3. The van der Waals surface area contributed by atoms with E-state index in [0.717, 1.165) is 41.0 Å². The van der Waals surface area contributed by atoms with Crippen molar-refractivity contribution in [1.29, 1.82) is 0 Å². The maximum absolute atomic E-state index is 14.0. The summed E-state index contributed by atoms with van der Waals surface area (Å²) in [5.41, 5.74) is 5.51. The van der Waals surface area contributed by atoms with Gasteiger partial charge in [-0.3, -0.25) is 0 Å². The van der Waals surface area contributed by atoms with E-state index in [2.05, 4.69) is 53.7 Å². The van der Waals surface area contributed by atoms with Gasteiger partial charge in [0, 0.05) is 0 Å². The summed E-state index contributed by atoms with van der Waals surface area (Å²) in [5, 5.41) is 0. The summed E-state index contributed by atoms with van der Waals surface area (Å²) in [6.45, 7) is 15.2. The monoisotopic (exact) mass is 986 g/mol. The normalized spacial score (nSPS) is 14.6. The Kier molecular flexibility index (Phi) is 20.7. The molecule has 2 aliphatic rings. The second-order valence-electron chi connectivity index (χ2n) is 16.5. The second kappa shape index (κ2) is 24.9. The zero-order valence-corrected chi connectivity index (χ0v) is 41.7. The van der Waals surface area contributed by atoms with E-state index in [4.69, 9.17) is 18.9 Å². The van der Waals surface area contributed by atoms with E-state index in [-0.39, 0.29) is 25.2 Å². The molecule has 310 valence electrons. The van der Waals surface area contributed by atoms with Crippen LogP contribution in [0.1, 0.15) is 143 Å². The van der Waals surface area contributed by atoms with Gasteiger partial charge in [0.05, 0.1) is 0 Å². The zero-order valence-electron chi connectivity index (χ0n) is 36.0. The Morgan fingerprint density at radius 1 is 0.500 bits per heavy atom. The van der Waals surface area contributed by atoms with Gasteiger partial charge in [-0.2, -0.15) is 0 Å². The van der Waals surface area contributed by atoms with Gasteiger partial charge in [-0.1, -0.05) is 0 Å². The van der Waals surface area contributed by atoms with Crippen molar-refractivity contribution in [3.05, 3.63) is 78.4 Å². The number of carbonyl (C=O) groups is 2. The molecule has 0 saturated carbocycles. The molecule has 2 heterocycles. The van der Waals surface area contributed by atoms with Gasteiger partial charge < -0.3 is 0 Å². The topological polar surface area (TPSA) is 71.1 Å². The number of unbranched alkanes of at least 4 members (excludes halogenated alkanes) is 6. The van der Waals surface area contributed by atoms with Crippen LogP contribution in [-0.2, 0) is 41.8 Å². The Hall–Kier alpha value is -1.94. The summed E-state index contributed by atoms with van der Waals surface area (Å²) in [4.78, 5) is 28.0. The molecule has 2 aliphatic heterocycles. The molecular formula is C48H74O6Sn2. The third-order valence-corrected chi connectivity index (χ3v) is 42.8. The molecule has 4 rings (SSSR count). The molecule has 0 fully saturated rings. The van der Waals surface area contributed by atoms with Gasteiger partial charge in [0.2, 0.25) is 0 Å². The SMILES string of the molecule is CCC[CH2][Sn]([CH2]CCC)([CH2]CCC)[C]1=C(C(=O)OCc2ccccc2-c2ccccc2COC(=O)C2=[C]([Sn]([CH2]CCC)([CH2]CCC)[CH2]CCC)OCC2)CCO1. The molecule has 0 amide bonds. The van der Waals surface area contributed by atoms with Gasteiger partial charge >= 0.3 is 351 Å². The minimum absolute atomic E-state index is 0.178. The van der Waals surface area contributed by atoms with Crippen molar-refractivity contribution in [1.82, 2.24) is 0 Å². The van der Waals surface area contributed by atoms with Gasteiger partial charge in [0.1, 0.15) is 0 Å². The summed E-state index contributed by atoms with van der Waals surface area (Å²) in [7, 11) is 0. The number of rotatable bonds is 27. The van der Waals surface area contributed by atoms with Crippen molar-refractivity contribution in [3.8, 4) is 11.1 Å². The van der Waals surface area contributed by atoms with Crippen LogP contribution in [0.3, 0.4) is 0 Å². The van der Waals surface area contributed by atoms with Crippen molar-refractivity contribution >= 4 is 48.7 Å². The summed E-state index contributed by atoms with van der Waals surface area (Å²) >= 11 is -5.90. The van der Waals surface area contributed by atoms with Gasteiger partial charge in [-0.05, 0) is 0 Å². The molecule has 0 N–H and O–H groups in total. The van der Waals surface area contributed by atoms with Crippen LogP contribution < -0.4 is 0 Å². The fourth-order valence-corrected chi connectivity index (χ4v) is 42.1. The number of ether oxygens (including phenoxy) is 4. The summed E-state index contributed by atoms with van der Waals surface area (Å²) < 4.78 is 35.2.